The minimum Gasteiger partial charge on any atom is -0.491 e. The summed E-state index contributed by atoms with van der Waals surface area (Å²) in [7, 11) is 0. The molecular formula is C19H31NO2. The molecule has 0 saturated carbocycles. The Labute approximate surface area is 135 Å². The number of rotatable bonds is 6. The number of piperidine rings is 1. The van der Waals surface area contributed by atoms with Crippen LogP contribution in [0, 0.1) is 6.92 Å². The number of hydrogen-bond acceptors (Lipinski definition) is 3. The van der Waals surface area contributed by atoms with Gasteiger partial charge >= 0.3 is 0 Å². The number of benzene rings is 1. The van der Waals surface area contributed by atoms with Gasteiger partial charge in [-0.3, -0.25) is 4.90 Å². The Kier molecular flexibility index (Phi) is 6.27. The lowest BCUT2D eigenvalue weighted by Crippen LogP contribution is -2.43. The molecule has 3 nitrogen and oxygen atoms in total. The summed E-state index contributed by atoms with van der Waals surface area (Å²) in [6.07, 6.45) is 3.37. The minimum atomic E-state index is -0.425. The molecule has 1 aliphatic heterocycles. The van der Waals surface area contributed by atoms with Gasteiger partial charge in [0, 0.05) is 12.6 Å². The van der Waals surface area contributed by atoms with Crippen molar-refractivity contribution in [2.75, 3.05) is 19.7 Å². The fourth-order valence-corrected chi connectivity index (χ4v) is 3.33. The third kappa shape index (κ3) is 4.72. The summed E-state index contributed by atoms with van der Waals surface area (Å²) in [6, 6.07) is 6.80. The molecule has 2 rings (SSSR count). The summed E-state index contributed by atoms with van der Waals surface area (Å²) in [6.45, 7) is 10.9. The van der Waals surface area contributed by atoms with Crippen LogP contribution in [0.5, 0.6) is 5.75 Å². The van der Waals surface area contributed by atoms with E-state index in [9.17, 15) is 5.11 Å². The standard InChI is InChI=1S/C19H31NO2/c1-14(2)19-9-8-18(11-15(19)3)22-13-17(21)12-20-10-6-5-7-16(20)4/h8-9,11,14,16-17,21H,5-7,10,12-13H2,1-4H3. The molecule has 0 aromatic heterocycles. The first-order valence-corrected chi connectivity index (χ1v) is 8.63. The Hall–Kier alpha value is -1.06. The topological polar surface area (TPSA) is 32.7 Å². The largest absolute Gasteiger partial charge is 0.491 e. The van der Waals surface area contributed by atoms with Crippen molar-refractivity contribution in [2.24, 2.45) is 0 Å². The van der Waals surface area contributed by atoms with Gasteiger partial charge in [0.15, 0.2) is 0 Å². The van der Waals surface area contributed by atoms with Gasteiger partial charge in [-0.25, -0.2) is 0 Å². The van der Waals surface area contributed by atoms with Crippen molar-refractivity contribution in [3.05, 3.63) is 29.3 Å². The number of hydrogen-bond donors (Lipinski definition) is 1. The number of ether oxygens (including phenoxy) is 1. The van der Waals surface area contributed by atoms with E-state index in [-0.39, 0.29) is 0 Å². The van der Waals surface area contributed by atoms with Crippen molar-refractivity contribution < 1.29 is 9.84 Å². The summed E-state index contributed by atoms with van der Waals surface area (Å²) >= 11 is 0. The molecule has 2 atom stereocenters. The van der Waals surface area contributed by atoms with Gasteiger partial charge in [-0.05, 0) is 62.4 Å². The third-order valence-electron chi connectivity index (χ3n) is 4.69. The molecule has 0 amide bonds. The van der Waals surface area contributed by atoms with Crippen LogP contribution in [-0.2, 0) is 0 Å². The zero-order valence-electron chi connectivity index (χ0n) is 14.5. The van der Waals surface area contributed by atoms with E-state index in [0.29, 0.717) is 25.1 Å². The lowest BCUT2D eigenvalue weighted by Gasteiger charge is -2.34. The van der Waals surface area contributed by atoms with E-state index in [0.717, 1.165) is 12.3 Å². The van der Waals surface area contributed by atoms with E-state index in [1.165, 1.54) is 30.4 Å². The fourth-order valence-electron chi connectivity index (χ4n) is 3.33. The Morgan fingerprint density at radius 3 is 2.73 bits per heavy atom. The van der Waals surface area contributed by atoms with Gasteiger partial charge in [-0.2, -0.15) is 0 Å². The fraction of sp³-hybridized carbons (Fsp3) is 0.684. The molecule has 0 radical (unpaired) electrons. The molecule has 1 heterocycles. The molecule has 1 fully saturated rings. The molecule has 0 aliphatic carbocycles. The average Bonchev–Trinajstić information content (AvgIpc) is 2.47. The molecule has 0 bridgehead atoms. The summed E-state index contributed by atoms with van der Waals surface area (Å²) < 4.78 is 5.78. The van der Waals surface area contributed by atoms with Gasteiger partial charge in [0.1, 0.15) is 18.5 Å². The van der Waals surface area contributed by atoms with Gasteiger partial charge in [-0.1, -0.05) is 26.3 Å². The van der Waals surface area contributed by atoms with Crippen LogP contribution in [0.2, 0.25) is 0 Å². The van der Waals surface area contributed by atoms with Crippen molar-refractivity contribution in [3.63, 3.8) is 0 Å². The summed E-state index contributed by atoms with van der Waals surface area (Å²) in [5.41, 5.74) is 2.61. The SMILES string of the molecule is Cc1cc(OCC(O)CN2CCCCC2C)ccc1C(C)C. The molecule has 2 unspecified atom stereocenters. The van der Waals surface area contributed by atoms with Crippen LogP contribution in [0.1, 0.15) is 57.1 Å². The number of aryl methyl sites for hydroxylation is 1. The van der Waals surface area contributed by atoms with Gasteiger partial charge in [0.05, 0.1) is 0 Å². The minimum absolute atomic E-state index is 0.365. The predicted octanol–water partition coefficient (Wildman–Crippen LogP) is 3.73. The monoisotopic (exact) mass is 305 g/mol. The normalized spacial score (nSPS) is 21.1. The van der Waals surface area contributed by atoms with Crippen LogP contribution < -0.4 is 4.74 Å². The van der Waals surface area contributed by atoms with Gasteiger partial charge in [0.25, 0.3) is 0 Å². The van der Waals surface area contributed by atoms with Crippen molar-refractivity contribution in [1.82, 2.24) is 4.90 Å². The highest BCUT2D eigenvalue weighted by atomic mass is 16.5. The lowest BCUT2D eigenvalue weighted by atomic mass is 9.98. The van der Waals surface area contributed by atoms with Crippen LogP contribution in [0.4, 0.5) is 0 Å². The zero-order chi connectivity index (χ0) is 16.1. The molecule has 1 N–H and O–H groups in total. The van der Waals surface area contributed by atoms with Crippen molar-refractivity contribution in [3.8, 4) is 5.75 Å². The molecule has 0 spiro atoms. The third-order valence-corrected chi connectivity index (χ3v) is 4.69. The maximum absolute atomic E-state index is 10.2. The first kappa shape index (κ1) is 17.3. The zero-order valence-corrected chi connectivity index (χ0v) is 14.5. The summed E-state index contributed by atoms with van der Waals surface area (Å²) in [5, 5.41) is 10.2. The Balaban J connectivity index is 1.83. The number of aliphatic hydroxyl groups excluding tert-OH is 1. The summed E-state index contributed by atoms with van der Waals surface area (Å²) in [5.74, 6) is 1.38. The molecule has 3 heteroatoms. The number of aliphatic hydroxyl groups is 1. The molecule has 1 aromatic carbocycles. The van der Waals surface area contributed by atoms with Crippen LogP contribution in [0.25, 0.3) is 0 Å². The van der Waals surface area contributed by atoms with Gasteiger partial charge in [-0.15, -0.1) is 0 Å². The van der Waals surface area contributed by atoms with Crippen LogP contribution >= 0.6 is 0 Å². The maximum atomic E-state index is 10.2. The molecule has 1 aromatic rings. The first-order chi connectivity index (χ1) is 10.5. The lowest BCUT2D eigenvalue weighted by molar-refractivity contribution is 0.0437. The van der Waals surface area contributed by atoms with E-state index >= 15 is 0 Å². The quantitative estimate of drug-likeness (QED) is 0.869. The van der Waals surface area contributed by atoms with Gasteiger partial charge < -0.3 is 9.84 Å². The number of likely N-dealkylation sites (tertiary alicyclic amines) is 1. The van der Waals surface area contributed by atoms with Crippen LogP contribution in [0.3, 0.4) is 0 Å². The molecule has 22 heavy (non-hydrogen) atoms. The van der Waals surface area contributed by atoms with Crippen LogP contribution in [-0.4, -0.2) is 41.8 Å². The number of β-amino-alcohol motifs (C(OH)–C–C–N with tert-alkyl or cyclic N) is 1. The summed E-state index contributed by atoms with van der Waals surface area (Å²) in [4.78, 5) is 2.38. The second-order valence-corrected chi connectivity index (χ2v) is 6.98. The Bertz CT molecular complexity index is 473. The smallest absolute Gasteiger partial charge is 0.119 e. The second kappa shape index (κ2) is 7.98. The Morgan fingerprint density at radius 1 is 1.32 bits per heavy atom. The maximum Gasteiger partial charge on any atom is 0.119 e. The molecule has 1 saturated heterocycles. The highest BCUT2D eigenvalue weighted by molar-refractivity contribution is 5.36. The highest BCUT2D eigenvalue weighted by Crippen LogP contribution is 2.23. The molecular weight excluding hydrogens is 274 g/mol. The van der Waals surface area contributed by atoms with Crippen molar-refractivity contribution in [2.45, 2.75) is 65.0 Å². The molecule has 124 valence electrons. The van der Waals surface area contributed by atoms with Crippen LogP contribution in [0.15, 0.2) is 18.2 Å². The number of nitrogens with zero attached hydrogens (tertiary/aromatic N) is 1. The van der Waals surface area contributed by atoms with Crippen molar-refractivity contribution >= 4 is 0 Å². The van der Waals surface area contributed by atoms with Gasteiger partial charge in [0.2, 0.25) is 0 Å². The molecule has 1 aliphatic rings. The van der Waals surface area contributed by atoms with Crippen molar-refractivity contribution in [1.29, 1.82) is 0 Å². The van der Waals surface area contributed by atoms with E-state index in [1.54, 1.807) is 0 Å². The first-order valence-electron chi connectivity index (χ1n) is 8.63. The average molecular weight is 305 g/mol. The van der Waals surface area contributed by atoms with E-state index in [1.807, 2.05) is 6.07 Å². The highest BCUT2D eigenvalue weighted by Gasteiger charge is 2.21. The van der Waals surface area contributed by atoms with E-state index < -0.39 is 6.10 Å². The predicted molar refractivity (Wildman–Crippen MR) is 91.7 cm³/mol. The second-order valence-electron chi connectivity index (χ2n) is 6.98. The Morgan fingerprint density at radius 2 is 2.09 bits per heavy atom. The van der Waals surface area contributed by atoms with E-state index in [2.05, 4.69) is 44.7 Å². The van der Waals surface area contributed by atoms with E-state index in [4.69, 9.17) is 4.74 Å².